The van der Waals surface area contributed by atoms with Gasteiger partial charge in [-0.05, 0) is 63.1 Å². The molecule has 1 aliphatic rings. The number of nitrogens with zero attached hydrogens (tertiary/aromatic N) is 1. The highest BCUT2D eigenvalue weighted by Gasteiger charge is 2.31. The zero-order chi connectivity index (χ0) is 23.8. The van der Waals surface area contributed by atoms with Crippen LogP contribution in [0.5, 0.6) is 0 Å². The minimum absolute atomic E-state index is 0.0289. The van der Waals surface area contributed by atoms with Crippen LogP contribution in [-0.2, 0) is 9.59 Å². The molecule has 176 valence electrons. The van der Waals surface area contributed by atoms with Gasteiger partial charge in [0, 0.05) is 18.2 Å². The Morgan fingerprint density at radius 3 is 2.33 bits per heavy atom. The highest BCUT2D eigenvalue weighted by Crippen LogP contribution is 2.29. The predicted octanol–water partition coefficient (Wildman–Crippen LogP) is 4.75. The topological polar surface area (TPSA) is 87.5 Å². The first-order valence-corrected chi connectivity index (χ1v) is 11.8. The molecule has 1 saturated carbocycles. The number of para-hydroxylation sites is 2. The van der Waals surface area contributed by atoms with Crippen LogP contribution in [0.4, 0.5) is 11.4 Å². The fourth-order valence-corrected chi connectivity index (χ4v) is 4.38. The van der Waals surface area contributed by atoms with Crippen LogP contribution in [-0.4, -0.2) is 35.8 Å². The van der Waals surface area contributed by atoms with Gasteiger partial charge in [-0.2, -0.15) is 0 Å². The molecule has 2 aromatic carbocycles. The van der Waals surface area contributed by atoms with Gasteiger partial charge in [-0.25, -0.2) is 0 Å². The van der Waals surface area contributed by atoms with Crippen molar-refractivity contribution in [2.24, 2.45) is 0 Å². The number of carbonyl (C=O) groups is 2. The fraction of sp³-hybridized carbons (Fsp3) is 0.407. The van der Waals surface area contributed by atoms with E-state index in [4.69, 9.17) is 5.73 Å². The summed E-state index contributed by atoms with van der Waals surface area (Å²) in [6, 6.07) is 15.2. The molecule has 0 saturated heterocycles. The summed E-state index contributed by atoms with van der Waals surface area (Å²) in [6.07, 6.45) is 9.21. The standard InChI is InChI=1S/C27H36N4O2/c1-19(2)29-27(33)26(31(3)22-9-5-4-6-10-22)21-16-13-20(14-17-21)15-18-25(32)30-24-12-8-7-11-23(24)28/h7-8,11-19,22,26H,4-6,9-10,28H2,1-3H3,(H,29,33)(H,30,32)/b18-15+. The molecular weight excluding hydrogens is 412 g/mol. The lowest BCUT2D eigenvalue weighted by atomic mass is 9.92. The Morgan fingerprint density at radius 1 is 1.03 bits per heavy atom. The first kappa shape index (κ1) is 24.5. The second-order valence-corrected chi connectivity index (χ2v) is 9.10. The maximum Gasteiger partial charge on any atom is 0.248 e. The van der Waals surface area contributed by atoms with Gasteiger partial charge >= 0.3 is 0 Å². The number of hydrogen-bond acceptors (Lipinski definition) is 4. The summed E-state index contributed by atoms with van der Waals surface area (Å²) >= 11 is 0. The van der Waals surface area contributed by atoms with E-state index < -0.39 is 0 Å². The summed E-state index contributed by atoms with van der Waals surface area (Å²) in [5.74, 6) is -0.218. The second-order valence-electron chi connectivity index (χ2n) is 9.10. The lowest BCUT2D eigenvalue weighted by molar-refractivity contribution is -0.127. The van der Waals surface area contributed by atoms with E-state index in [1.807, 2.05) is 50.2 Å². The number of amides is 2. The molecular formula is C27H36N4O2. The highest BCUT2D eigenvalue weighted by molar-refractivity contribution is 6.03. The van der Waals surface area contributed by atoms with Gasteiger partial charge in [-0.1, -0.05) is 55.7 Å². The van der Waals surface area contributed by atoms with Crippen LogP contribution < -0.4 is 16.4 Å². The maximum atomic E-state index is 13.1. The van der Waals surface area contributed by atoms with E-state index in [9.17, 15) is 9.59 Å². The quantitative estimate of drug-likeness (QED) is 0.402. The number of nitrogens with two attached hydrogens (primary N) is 1. The Hall–Kier alpha value is -3.12. The molecule has 3 rings (SSSR count). The van der Waals surface area contributed by atoms with Crippen molar-refractivity contribution < 1.29 is 9.59 Å². The normalized spacial score (nSPS) is 15.7. The molecule has 0 bridgehead atoms. The van der Waals surface area contributed by atoms with Crippen molar-refractivity contribution in [3.8, 4) is 0 Å². The molecule has 6 nitrogen and oxygen atoms in total. The van der Waals surface area contributed by atoms with E-state index in [-0.39, 0.29) is 23.9 Å². The molecule has 1 fully saturated rings. The fourth-order valence-electron chi connectivity index (χ4n) is 4.38. The number of hydrogen-bond donors (Lipinski definition) is 3. The number of carbonyl (C=O) groups excluding carboxylic acids is 2. The molecule has 0 aromatic heterocycles. The Kier molecular flexibility index (Phi) is 8.66. The lowest BCUT2D eigenvalue weighted by Gasteiger charge is -2.37. The SMILES string of the molecule is CC(C)NC(=O)C(c1ccc(/C=C/C(=O)Nc2ccccc2N)cc1)N(C)C1CCCCC1. The number of rotatable bonds is 8. The first-order chi connectivity index (χ1) is 15.8. The predicted molar refractivity (Wildman–Crippen MR) is 136 cm³/mol. The number of nitrogens with one attached hydrogen (secondary N) is 2. The average molecular weight is 449 g/mol. The third-order valence-corrected chi connectivity index (χ3v) is 6.14. The van der Waals surface area contributed by atoms with Crippen molar-refractivity contribution in [2.75, 3.05) is 18.1 Å². The molecule has 2 aromatic rings. The van der Waals surface area contributed by atoms with Crippen LogP contribution >= 0.6 is 0 Å². The van der Waals surface area contributed by atoms with Crippen LogP contribution in [0.15, 0.2) is 54.6 Å². The van der Waals surface area contributed by atoms with E-state index in [1.165, 1.54) is 25.3 Å². The molecule has 0 radical (unpaired) electrons. The van der Waals surface area contributed by atoms with E-state index >= 15 is 0 Å². The minimum atomic E-state index is -0.335. The molecule has 4 N–H and O–H groups in total. The largest absolute Gasteiger partial charge is 0.397 e. The zero-order valence-electron chi connectivity index (χ0n) is 19.9. The third kappa shape index (κ3) is 6.93. The summed E-state index contributed by atoms with van der Waals surface area (Å²) < 4.78 is 0. The minimum Gasteiger partial charge on any atom is -0.397 e. The molecule has 1 aliphatic carbocycles. The Bertz CT molecular complexity index is 962. The lowest BCUT2D eigenvalue weighted by Crippen LogP contribution is -2.45. The molecule has 0 heterocycles. The van der Waals surface area contributed by atoms with Crippen LogP contribution in [0.1, 0.15) is 63.1 Å². The smallest absolute Gasteiger partial charge is 0.248 e. The Balaban J connectivity index is 1.72. The van der Waals surface area contributed by atoms with E-state index in [1.54, 1.807) is 18.2 Å². The summed E-state index contributed by atoms with van der Waals surface area (Å²) in [4.78, 5) is 27.6. The van der Waals surface area contributed by atoms with Crippen LogP contribution in [0.2, 0.25) is 0 Å². The Morgan fingerprint density at radius 2 is 1.70 bits per heavy atom. The van der Waals surface area contributed by atoms with E-state index in [0.717, 1.165) is 24.0 Å². The van der Waals surface area contributed by atoms with Crippen LogP contribution in [0.3, 0.4) is 0 Å². The number of anilines is 2. The van der Waals surface area contributed by atoms with Gasteiger partial charge < -0.3 is 16.4 Å². The van der Waals surface area contributed by atoms with Crippen LogP contribution in [0, 0.1) is 0 Å². The van der Waals surface area contributed by atoms with E-state index in [0.29, 0.717) is 17.4 Å². The van der Waals surface area contributed by atoms with Gasteiger partial charge in [0.1, 0.15) is 6.04 Å². The molecule has 2 amide bonds. The molecule has 33 heavy (non-hydrogen) atoms. The molecule has 6 heteroatoms. The monoisotopic (exact) mass is 448 g/mol. The van der Waals surface area contributed by atoms with E-state index in [2.05, 4.69) is 22.6 Å². The maximum absolute atomic E-state index is 13.1. The van der Waals surface area contributed by atoms with Crippen molar-refractivity contribution in [3.63, 3.8) is 0 Å². The van der Waals surface area contributed by atoms with Gasteiger partial charge in [0.15, 0.2) is 0 Å². The molecule has 0 aliphatic heterocycles. The van der Waals surface area contributed by atoms with Crippen molar-refractivity contribution in [1.29, 1.82) is 0 Å². The van der Waals surface area contributed by atoms with Gasteiger partial charge in [0.2, 0.25) is 11.8 Å². The molecule has 0 spiro atoms. The first-order valence-electron chi connectivity index (χ1n) is 11.8. The summed E-state index contributed by atoms with van der Waals surface area (Å²) in [5.41, 5.74) is 8.84. The number of nitrogen functional groups attached to an aromatic ring is 1. The zero-order valence-corrected chi connectivity index (χ0v) is 19.9. The van der Waals surface area contributed by atoms with Gasteiger partial charge in [0.25, 0.3) is 0 Å². The average Bonchev–Trinajstić information content (AvgIpc) is 2.80. The van der Waals surface area contributed by atoms with Crippen molar-refractivity contribution in [3.05, 3.63) is 65.7 Å². The van der Waals surface area contributed by atoms with Crippen molar-refractivity contribution in [1.82, 2.24) is 10.2 Å². The number of likely N-dealkylation sites (N-methyl/N-ethyl adjacent to an activating group) is 1. The third-order valence-electron chi connectivity index (χ3n) is 6.14. The molecule has 1 unspecified atom stereocenters. The number of benzene rings is 2. The van der Waals surface area contributed by atoms with Crippen LogP contribution in [0.25, 0.3) is 6.08 Å². The second kappa shape index (κ2) is 11.7. The Labute approximate surface area is 197 Å². The highest BCUT2D eigenvalue weighted by atomic mass is 16.2. The van der Waals surface area contributed by atoms with Gasteiger partial charge in [0.05, 0.1) is 11.4 Å². The summed E-state index contributed by atoms with van der Waals surface area (Å²) in [5, 5.41) is 5.87. The van der Waals surface area contributed by atoms with Gasteiger partial charge in [-0.3, -0.25) is 14.5 Å². The van der Waals surface area contributed by atoms with Crippen molar-refractivity contribution in [2.45, 2.75) is 64.1 Å². The molecule has 1 atom stereocenters. The van der Waals surface area contributed by atoms with Gasteiger partial charge in [-0.15, -0.1) is 0 Å². The summed E-state index contributed by atoms with van der Waals surface area (Å²) in [7, 11) is 2.06. The van der Waals surface area contributed by atoms with Crippen molar-refractivity contribution >= 4 is 29.3 Å². The summed E-state index contributed by atoms with van der Waals surface area (Å²) in [6.45, 7) is 3.97.